The van der Waals surface area contributed by atoms with Crippen molar-refractivity contribution in [2.45, 2.75) is 40.5 Å². The van der Waals surface area contributed by atoms with Crippen molar-refractivity contribution < 1.29 is 4.79 Å². The second-order valence-corrected chi connectivity index (χ2v) is 5.65. The lowest BCUT2D eigenvalue weighted by Gasteiger charge is -2.14. The van der Waals surface area contributed by atoms with Gasteiger partial charge in [0.05, 0.1) is 6.54 Å². The van der Waals surface area contributed by atoms with E-state index in [-0.39, 0.29) is 18.4 Å². The number of rotatable bonds is 6. The molecule has 1 amide bonds. The normalized spacial score (nSPS) is 10.9. The third kappa shape index (κ3) is 4.68. The Bertz CT molecular complexity index is 471. The van der Waals surface area contributed by atoms with E-state index in [4.69, 9.17) is 5.73 Å². The molecule has 0 aliphatic rings. The van der Waals surface area contributed by atoms with Crippen LogP contribution in [0, 0.1) is 12.8 Å². The van der Waals surface area contributed by atoms with Crippen molar-refractivity contribution in [3.8, 4) is 0 Å². The average Bonchev–Trinajstić information content (AvgIpc) is 2.37. The Morgan fingerprint density at radius 1 is 1.25 bits per heavy atom. The highest BCUT2D eigenvalue weighted by Crippen LogP contribution is 2.20. The predicted octanol–water partition coefficient (Wildman–Crippen LogP) is 1.67. The largest absolute Gasteiger partial charge is 0.383 e. The van der Waals surface area contributed by atoms with Gasteiger partial charge in [-0.25, -0.2) is 9.97 Å². The SMILES string of the molecule is Cc1c(N)nc(C(C)C)nc1NCC(=O)NCC(C)C. The maximum absolute atomic E-state index is 11.7. The van der Waals surface area contributed by atoms with Gasteiger partial charge in [0.1, 0.15) is 17.5 Å². The van der Waals surface area contributed by atoms with E-state index in [1.54, 1.807) is 0 Å². The molecule has 0 fully saturated rings. The summed E-state index contributed by atoms with van der Waals surface area (Å²) < 4.78 is 0. The fourth-order valence-corrected chi connectivity index (χ4v) is 1.53. The zero-order chi connectivity index (χ0) is 15.3. The highest BCUT2D eigenvalue weighted by atomic mass is 16.1. The highest BCUT2D eigenvalue weighted by Gasteiger charge is 2.12. The molecule has 0 aromatic carbocycles. The first kappa shape index (κ1) is 16.2. The van der Waals surface area contributed by atoms with Gasteiger partial charge < -0.3 is 16.4 Å². The van der Waals surface area contributed by atoms with Crippen LogP contribution in [0.5, 0.6) is 0 Å². The second kappa shape index (κ2) is 7.07. The fraction of sp³-hybridized carbons (Fsp3) is 0.643. The average molecular weight is 279 g/mol. The fourth-order valence-electron chi connectivity index (χ4n) is 1.53. The van der Waals surface area contributed by atoms with Crippen molar-refractivity contribution in [2.24, 2.45) is 5.92 Å². The van der Waals surface area contributed by atoms with E-state index in [9.17, 15) is 4.79 Å². The number of hydrogen-bond acceptors (Lipinski definition) is 5. The van der Waals surface area contributed by atoms with Crippen molar-refractivity contribution in [1.82, 2.24) is 15.3 Å². The number of aromatic nitrogens is 2. The number of carbonyl (C=O) groups excluding carboxylic acids is 1. The number of nitrogens with two attached hydrogens (primary N) is 1. The molecule has 0 spiro atoms. The van der Waals surface area contributed by atoms with Crippen molar-refractivity contribution in [3.05, 3.63) is 11.4 Å². The number of nitrogens with one attached hydrogen (secondary N) is 2. The Morgan fingerprint density at radius 2 is 1.90 bits per heavy atom. The summed E-state index contributed by atoms with van der Waals surface area (Å²) in [6.07, 6.45) is 0. The molecule has 0 atom stereocenters. The Labute approximate surface area is 120 Å². The molecule has 0 aliphatic carbocycles. The Kier molecular flexibility index (Phi) is 5.73. The molecule has 6 heteroatoms. The van der Waals surface area contributed by atoms with Crippen LogP contribution in [0.1, 0.15) is 45.0 Å². The van der Waals surface area contributed by atoms with Gasteiger partial charge in [-0.05, 0) is 12.8 Å². The predicted molar refractivity (Wildman–Crippen MR) is 81.6 cm³/mol. The van der Waals surface area contributed by atoms with Crippen LogP contribution < -0.4 is 16.4 Å². The monoisotopic (exact) mass is 279 g/mol. The molecule has 0 aliphatic heterocycles. The molecular formula is C14H25N5O. The lowest BCUT2D eigenvalue weighted by Crippen LogP contribution is -2.32. The van der Waals surface area contributed by atoms with Crippen LogP contribution in [0.25, 0.3) is 0 Å². The minimum atomic E-state index is -0.0543. The molecular weight excluding hydrogens is 254 g/mol. The molecule has 1 rings (SSSR count). The molecule has 0 radical (unpaired) electrons. The quantitative estimate of drug-likeness (QED) is 0.736. The van der Waals surface area contributed by atoms with Gasteiger partial charge >= 0.3 is 0 Å². The molecule has 1 aromatic heterocycles. The number of amides is 1. The van der Waals surface area contributed by atoms with Gasteiger partial charge in [-0.3, -0.25) is 4.79 Å². The van der Waals surface area contributed by atoms with Crippen molar-refractivity contribution in [3.63, 3.8) is 0 Å². The van der Waals surface area contributed by atoms with Crippen LogP contribution in [0.15, 0.2) is 0 Å². The molecule has 4 N–H and O–H groups in total. The van der Waals surface area contributed by atoms with Gasteiger partial charge in [0.15, 0.2) is 0 Å². The Morgan fingerprint density at radius 3 is 2.45 bits per heavy atom. The molecule has 112 valence electrons. The first-order valence-electron chi connectivity index (χ1n) is 6.95. The van der Waals surface area contributed by atoms with E-state index in [0.29, 0.717) is 29.9 Å². The van der Waals surface area contributed by atoms with Gasteiger partial charge in [-0.2, -0.15) is 0 Å². The van der Waals surface area contributed by atoms with E-state index in [1.807, 2.05) is 20.8 Å². The molecule has 0 bridgehead atoms. The van der Waals surface area contributed by atoms with Gasteiger partial charge in [-0.1, -0.05) is 27.7 Å². The van der Waals surface area contributed by atoms with Gasteiger partial charge in [0, 0.05) is 18.0 Å². The van der Waals surface area contributed by atoms with Gasteiger partial charge in [0.2, 0.25) is 5.91 Å². The van der Waals surface area contributed by atoms with Crippen LogP contribution in [-0.2, 0) is 4.79 Å². The summed E-state index contributed by atoms with van der Waals surface area (Å²) >= 11 is 0. The molecule has 6 nitrogen and oxygen atoms in total. The van der Waals surface area contributed by atoms with E-state index >= 15 is 0 Å². The van der Waals surface area contributed by atoms with E-state index < -0.39 is 0 Å². The van der Waals surface area contributed by atoms with E-state index in [2.05, 4.69) is 34.4 Å². The number of hydrogen-bond donors (Lipinski definition) is 3. The lowest BCUT2D eigenvalue weighted by atomic mass is 10.2. The van der Waals surface area contributed by atoms with E-state index in [0.717, 1.165) is 5.56 Å². The molecule has 0 unspecified atom stereocenters. The van der Waals surface area contributed by atoms with Crippen molar-refractivity contribution in [2.75, 3.05) is 24.1 Å². The number of nitrogens with zero attached hydrogens (tertiary/aromatic N) is 2. The van der Waals surface area contributed by atoms with Crippen molar-refractivity contribution in [1.29, 1.82) is 0 Å². The second-order valence-electron chi connectivity index (χ2n) is 5.65. The first-order valence-corrected chi connectivity index (χ1v) is 6.95. The molecule has 1 heterocycles. The van der Waals surface area contributed by atoms with Gasteiger partial charge in [0.25, 0.3) is 0 Å². The van der Waals surface area contributed by atoms with Crippen LogP contribution in [0.3, 0.4) is 0 Å². The van der Waals surface area contributed by atoms with Crippen molar-refractivity contribution >= 4 is 17.5 Å². The molecule has 1 aromatic rings. The summed E-state index contributed by atoms with van der Waals surface area (Å²) in [5, 5.41) is 5.88. The van der Waals surface area contributed by atoms with Crippen LogP contribution in [-0.4, -0.2) is 29.0 Å². The summed E-state index contributed by atoms with van der Waals surface area (Å²) in [4.78, 5) is 20.4. The number of nitrogen functional groups attached to an aromatic ring is 1. The minimum absolute atomic E-state index is 0.0543. The summed E-state index contributed by atoms with van der Waals surface area (Å²) in [6.45, 7) is 10.8. The van der Waals surface area contributed by atoms with E-state index in [1.165, 1.54) is 0 Å². The van der Waals surface area contributed by atoms with Crippen LogP contribution in [0.4, 0.5) is 11.6 Å². The maximum Gasteiger partial charge on any atom is 0.239 e. The molecule has 20 heavy (non-hydrogen) atoms. The molecule has 0 saturated carbocycles. The summed E-state index contributed by atoms with van der Waals surface area (Å²) in [6, 6.07) is 0. The number of carbonyl (C=O) groups is 1. The third-order valence-electron chi connectivity index (χ3n) is 2.84. The third-order valence-corrected chi connectivity index (χ3v) is 2.84. The standard InChI is InChI=1S/C14H25N5O/c1-8(2)6-16-11(20)7-17-14-10(5)12(15)18-13(19-14)9(3)4/h8-9H,6-7H2,1-5H3,(H,16,20)(H3,15,17,18,19). The van der Waals surface area contributed by atoms with Gasteiger partial charge in [-0.15, -0.1) is 0 Å². The summed E-state index contributed by atoms with van der Waals surface area (Å²) in [5.41, 5.74) is 6.64. The molecule has 0 saturated heterocycles. The maximum atomic E-state index is 11.7. The van der Waals surface area contributed by atoms with Crippen LogP contribution in [0.2, 0.25) is 0 Å². The zero-order valence-corrected chi connectivity index (χ0v) is 12.9. The van der Waals surface area contributed by atoms with Crippen LogP contribution >= 0.6 is 0 Å². The first-order chi connectivity index (χ1) is 9.31. The Hall–Kier alpha value is -1.85. The smallest absolute Gasteiger partial charge is 0.239 e. The summed E-state index contributed by atoms with van der Waals surface area (Å²) in [7, 11) is 0. The zero-order valence-electron chi connectivity index (χ0n) is 12.9. The lowest BCUT2D eigenvalue weighted by molar-refractivity contribution is -0.119. The topological polar surface area (TPSA) is 92.9 Å². The number of anilines is 2. The Balaban J connectivity index is 2.70. The summed E-state index contributed by atoms with van der Waals surface area (Å²) in [5.74, 6) is 2.32. The highest BCUT2D eigenvalue weighted by molar-refractivity contribution is 5.80. The minimum Gasteiger partial charge on any atom is -0.383 e.